The number of nitrogens with one attached hydrogen (secondary N) is 1. The molecule has 3 rings (SSSR count). The third kappa shape index (κ3) is 3.17. The second-order valence-electron chi connectivity index (χ2n) is 6.18. The van der Waals surface area contributed by atoms with E-state index in [-0.39, 0.29) is 22.5 Å². The summed E-state index contributed by atoms with van der Waals surface area (Å²) in [5.41, 5.74) is 1.20. The Kier molecular flexibility index (Phi) is 5.30. The average molecular weight is 385 g/mol. The van der Waals surface area contributed by atoms with Crippen LogP contribution < -0.4 is 4.74 Å². The van der Waals surface area contributed by atoms with Crippen LogP contribution >= 0.6 is 0 Å². The predicted molar refractivity (Wildman–Crippen MR) is 105 cm³/mol. The molecule has 0 atom stereocenters. The lowest BCUT2D eigenvalue weighted by molar-refractivity contribution is 0.0775. The van der Waals surface area contributed by atoms with Crippen LogP contribution in [-0.4, -0.2) is 41.1 Å². The van der Waals surface area contributed by atoms with E-state index in [2.05, 4.69) is 10.2 Å². The standard InChI is InChI=1S/C20H20FN3O4/c1-4-24(5-2)20(26)15-9-11(13-10-12(21)6-7-16(13)28-3)8-14-17(15)22-19(25)18(14)23-27/h6-10,22,25H,4-5H2,1-3H3. The highest BCUT2D eigenvalue weighted by Crippen LogP contribution is 2.41. The molecule has 8 heteroatoms. The van der Waals surface area contributed by atoms with E-state index in [0.29, 0.717) is 35.5 Å². The first-order chi connectivity index (χ1) is 13.4. The Morgan fingerprint density at radius 2 is 1.96 bits per heavy atom. The first-order valence-electron chi connectivity index (χ1n) is 8.80. The number of carbonyl (C=O) groups excluding carboxylic acids is 1. The quantitative estimate of drug-likeness (QED) is 0.608. The topological polar surface area (TPSA) is 95.0 Å². The van der Waals surface area contributed by atoms with Crippen molar-refractivity contribution < 1.29 is 19.0 Å². The van der Waals surface area contributed by atoms with Crippen LogP contribution in [0.1, 0.15) is 24.2 Å². The molecule has 0 radical (unpaired) electrons. The van der Waals surface area contributed by atoms with Crippen molar-refractivity contribution in [2.24, 2.45) is 5.18 Å². The molecule has 146 valence electrons. The molecular formula is C20H20FN3O4. The number of hydrogen-bond donors (Lipinski definition) is 2. The highest BCUT2D eigenvalue weighted by molar-refractivity contribution is 6.11. The summed E-state index contributed by atoms with van der Waals surface area (Å²) in [7, 11) is 1.46. The van der Waals surface area contributed by atoms with E-state index in [1.165, 1.54) is 25.3 Å². The zero-order chi connectivity index (χ0) is 20.4. The molecule has 0 unspecified atom stereocenters. The van der Waals surface area contributed by atoms with E-state index >= 15 is 0 Å². The Labute approximate surface area is 160 Å². The van der Waals surface area contributed by atoms with Gasteiger partial charge in [-0.15, -0.1) is 4.91 Å². The van der Waals surface area contributed by atoms with Gasteiger partial charge in [-0.3, -0.25) is 4.79 Å². The summed E-state index contributed by atoms with van der Waals surface area (Å²) in [5, 5.41) is 13.2. The van der Waals surface area contributed by atoms with Crippen molar-refractivity contribution in [3.8, 4) is 22.8 Å². The molecule has 1 amide bonds. The number of carbonyl (C=O) groups is 1. The van der Waals surface area contributed by atoms with Gasteiger partial charge in [0.05, 0.1) is 18.2 Å². The summed E-state index contributed by atoms with van der Waals surface area (Å²) in [6.07, 6.45) is 0. The molecule has 2 N–H and O–H groups in total. The van der Waals surface area contributed by atoms with Gasteiger partial charge in [-0.1, -0.05) is 0 Å². The van der Waals surface area contributed by atoms with Crippen molar-refractivity contribution in [3.05, 3.63) is 46.6 Å². The third-order valence-electron chi connectivity index (χ3n) is 4.71. The number of aromatic hydroxyl groups is 1. The van der Waals surface area contributed by atoms with Crippen molar-refractivity contribution in [3.63, 3.8) is 0 Å². The average Bonchev–Trinajstić information content (AvgIpc) is 3.02. The summed E-state index contributed by atoms with van der Waals surface area (Å²) >= 11 is 0. The number of aromatic nitrogens is 1. The van der Waals surface area contributed by atoms with Gasteiger partial charge in [0.1, 0.15) is 11.6 Å². The van der Waals surface area contributed by atoms with Crippen molar-refractivity contribution in [2.45, 2.75) is 13.8 Å². The van der Waals surface area contributed by atoms with Crippen LogP contribution in [0.5, 0.6) is 11.6 Å². The first kappa shape index (κ1) is 19.3. The molecule has 0 aliphatic rings. The van der Waals surface area contributed by atoms with Gasteiger partial charge in [-0.05, 0) is 54.9 Å². The van der Waals surface area contributed by atoms with E-state index in [1.807, 2.05) is 13.8 Å². The summed E-state index contributed by atoms with van der Waals surface area (Å²) in [4.78, 5) is 28.6. The highest BCUT2D eigenvalue weighted by atomic mass is 19.1. The van der Waals surface area contributed by atoms with E-state index in [1.54, 1.807) is 17.0 Å². The minimum absolute atomic E-state index is 0.208. The van der Waals surface area contributed by atoms with Crippen LogP contribution in [0.3, 0.4) is 0 Å². The summed E-state index contributed by atoms with van der Waals surface area (Å²) in [6, 6.07) is 7.19. The summed E-state index contributed by atoms with van der Waals surface area (Å²) < 4.78 is 19.2. The lowest BCUT2D eigenvalue weighted by Gasteiger charge is -2.20. The fraction of sp³-hybridized carbons (Fsp3) is 0.250. The van der Waals surface area contributed by atoms with E-state index in [0.717, 1.165) is 0 Å². The van der Waals surface area contributed by atoms with Crippen molar-refractivity contribution >= 4 is 22.5 Å². The molecule has 0 saturated carbocycles. The first-order valence-corrected chi connectivity index (χ1v) is 8.80. The number of H-pyrrole nitrogens is 1. The number of nitrogens with zero attached hydrogens (tertiary/aromatic N) is 2. The monoisotopic (exact) mass is 385 g/mol. The van der Waals surface area contributed by atoms with Gasteiger partial charge < -0.3 is 19.7 Å². The predicted octanol–water partition coefficient (Wildman–Crippen LogP) is 4.57. The number of ether oxygens (including phenoxy) is 1. The fourth-order valence-corrected chi connectivity index (χ4v) is 3.27. The SMILES string of the molecule is CCN(CC)C(=O)c1cc(-c2cc(F)ccc2OC)cc2c(N=O)c(O)[nH]c12. The van der Waals surface area contributed by atoms with Crippen LogP contribution in [0.4, 0.5) is 10.1 Å². The smallest absolute Gasteiger partial charge is 0.255 e. The number of hydrogen-bond acceptors (Lipinski definition) is 5. The molecule has 3 aromatic rings. The van der Waals surface area contributed by atoms with Crippen molar-refractivity contribution in [1.82, 2.24) is 9.88 Å². The molecule has 0 saturated heterocycles. The van der Waals surface area contributed by atoms with Crippen LogP contribution in [0.25, 0.3) is 22.0 Å². The van der Waals surface area contributed by atoms with Crippen molar-refractivity contribution in [2.75, 3.05) is 20.2 Å². The maximum absolute atomic E-state index is 13.9. The maximum Gasteiger partial charge on any atom is 0.255 e. The molecular weight excluding hydrogens is 365 g/mol. The van der Waals surface area contributed by atoms with Crippen LogP contribution in [-0.2, 0) is 0 Å². The molecule has 0 bridgehead atoms. The molecule has 2 aromatic carbocycles. The van der Waals surface area contributed by atoms with E-state index in [4.69, 9.17) is 4.74 Å². The number of halogens is 1. The Morgan fingerprint density at radius 1 is 1.25 bits per heavy atom. The Morgan fingerprint density at radius 3 is 2.57 bits per heavy atom. The van der Waals surface area contributed by atoms with Gasteiger partial charge in [-0.25, -0.2) is 4.39 Å². The number of rotatable bonds is 6. The van der Waals surface area contributed by atoms with E-state index in [9.17, 15) is 19.2 Å². The van der Waals surface area contributed by atoms with Gasteiger partial charge in [0.2, 0.25) is 5.88 Å². The van der Waals surface area contributed by atoms with Gasteiger partial charge in [0.15, 0.2) is 5.69 Å². The summed E-state index contributed by atoms with van der Waals surface area (Å²) in [6.45, 7) is 4.66. The van der Waals surface area contributed by atoms with Gasteiger partial charge >= 0.3 is 0 Å². The largest absolute Gasteiger partial charge is 0.496 e. The molecule has 0 fully saturated rings. The Balaban J connectivity index is 2.36. The minimum Gasteiger partial charge on any atom is -0.496 e. The van der Waals surface area contributed by atoms with Gasteiger partial charge in [0, 0.05) is 24.0 Å². The van der Waals surface area contributed by atoms with Gasteiger partial charge in [0.25, 0.3) is 5.91 Å². The van der Waals surface area contributed by atoms with Gasteiger partial charge in [-0.2, -0.15) is 0 Å². The molecule has 28 heavy (non-hydrogen) atoms. The number of amides is 1. The Bertz CT molecular complexity index is 1060. The zero-order valence-electron chi connectivity index (χ0n) is 15.7. The minimum atomic E-state index is -0.474. The number of benzene rings is 2. The second-order valence-corrected chi connectivity index (χ2v) is 6.18. The fourth-order valence-electron chi connectivity index (χ4n) is 3.27. The highest BCUT2D eigenvalue weighted by Gasteiger charge is 2.23. The van der Waals surface area contributed by atoms with Crippen molar-refractivity contribution in [1.29, 1.82) is 0 Å². The number of aromatic amines is 1. The number of fused-ring (bicyclic) bond motifs is 1. The van der Waals surface area contributed by atoms with Crippen LogP contribution in [0.15, 0.2) is 35.5 Å². The number of methoxy groups -OCH3 is 1. The van der Waals surface area contributed by atoms with E-state index < -0.39 is 11.7 Å². The van der Waals surface area contributed by atoms with Crippen LogP contribution in [0.2, 0.25) is 0 Å². The second kappa shape index (κ2) is 7.67. The zero-order valence-corrected chi connectivity index (χ0v) is 15.7. The molecule has 1 aromatic heterocycles. The normalized spacial score (nSPS) is 10.9. The van der Waals surface area contributed by atoms with Crippen LogP contribution in [0, 0.1) is 10.7 Å². The molecule has 0 spiro atoms. The number of nitroso groups, excluding NO2 is 1. The molecule has 1 heterocycles. The molecule has 0 aliphatic carbocycles. The molecule has 0 aliphatic heterocycles. The third-order valence-corrected chi connectivity index (χ3v) is 4.71. The lowest BCUT2D eigenvalue weighted by Crippen LogP contribution is -2.30. The Hall–Kier alpha value is -3.42. The summed E-state index contributed by atoms with van der Waals surface area (Å²) in [5.74, 6) is -0.784. The molecule has 7 nitrogen and oxygen atoms in total. The lowest BCUT2D eigenvalue weighted by atomic mass is 9.98. The maximum atomic E-state index is 13.9.